The van der Waals surface area contributed by atoms with E-state index in [1.807, 2.05) is 0 Å². The second-order valence-electron chi connectivity index (χ2n) is 4.10. The van der Waals surface area contributed by atoms with Gasteiger partial charge >= 0.3 is 0 Å². The summed E-state index contributed by atoms with van der Waals surface area (Å²) in [4.78, 5) is 16.0. The van der Waals surface area contributed by atoms with Gasteiger partial charge in [-0.25, -0.2) is 0 Å². The zero-order chi connectivity index (χ0) is 14.7. The van der Waals surface area contributed by atoms with Crippen molar-refractivity contribution in [2.45, 2.75) is 13.3 Å². The van der Waals surface area contributed by atoms with E-state index in [4.69, 9.17) is 33.5 Å². The fraction of sp³-hybridized carbons (Fsp3) is 0.250. The molecule has 0 radical (unpaired) electrons. The third-order valence-electron chi connectivity index (χ3n) is 2.50. The molecule has 8 heteroatoms. The van der Waals surface area contributed by atoms with Crippen LogP contribution in [0.25, 0.3) is 0 Å². The summed E-state index contributed by atoms with van der Waals surface area (Å²) in [6.45, 7) is 2.05. The number of nitrogen functional groups attached to an aromatic ring is 1. The van der Waals surface area contributed by atoms with Crippen LogP contribution in [0.5, 0.6) is 0 Å². The maximum Gasteiger partial charge on any atom is 0.252 e. The van der Waals surface area contributed by atoms with E-state index >= 15 is 0 Å². The summed E-state index contributed by atoms with van der Waals surface area (Å²) in [5.41, 5.74) is 6.24. The summed E-state index contributed by atoms with van der Waals surface area (Å²) >= 11 is 11.8. The van der Waals surface area contributed by atoms with Gasteiger partial charge < -0.3 is 15.6 Å². The van der Waals surface area contributed by atoms with Crippen LogP contribution in [0.1, 0.15) is 22.1 Å². The van der Waals surface area contributed by atoms with Crippen molar-refractivity contribution in [1.82, 2.24) is 15.5 Å². The van der Waals surface area contributed by atoms with E-state index in [1.54, 1.807) is 6.92 Å². The van der Waals surface area contributed by atoms with Gasteiger partial charge in [0.25, 0.3) is 5.91 Å². The lowest BCUT2D eigenvalue weighted by molar-refractivity contribution is 0.0954. The number of benzene rings is 1. The van der Waals surface area contributed by atoms with Crippen LogP contribution in [-0.4, -0.2) is 22.6 Å². The smallest absolute Gasteiger partial charge is 0.252 e. The number of rotatable bonds is 4. The summed E-state index contributed by atoms with van der Waals surface area (Å²) in [5.74, 6) is 0.654. The van der Waals surface area contributed by atoms with Crippen LogP contribution >= 0.6 is 23.2 Å². The van der Waals surface area contributed by atoms with Crippen LogP contribution in [0.2, 0.25) is 10.0 Å². The van der Waals surface area contributed by atoms with Crippen molar-refractivity contribution in [2.75, 3.05) is 12.3 Å². The van der Waals surface area contributed by atoms with Gasteiger partial charge in [0, 0.05) is 25.6 Å². The van der Waals surface area contributed by atoms with Gasteiger partial charge in [0.15, 0.2) is 5.82 Å². The van der Waals surface area contributed by atoms with Gasteiger partial charge in [-0.1, -0.05) is 28.4 Å². The Kier molecular flexibility index (Phi) is 4.46. The molecule has 1 heterocycles. The molecule has 106 valence electrons. The molecule has 3 N–H and O–H groups in total. The molecule has 20 heavy (non-hydrogen) atoms. The molecule has 0 aliphatic carbocycles. The van der Waals surface area contributed by atoms with Crippen LogP contribution in [0.3, 0.4) is 0 Å². The Morgan fingerprint density at radius 3 is 2.85 bits per heavy atom. The minimum absolute atomic E-state index is 0.175. The molecule has 0 saturated carbocycles. The molecule has 1 aromatic carbocycles. The molecule has 0 bridgehead atoms. The lowest BCUT2D eigenvalue weighted by Crippen LogP contribution is -2.26. The zero-order valence-electron chi connectivity index (χ0n) is 10.6. The van der Waals surface area contributed by atoms with Gasteiger partial charge in [-0.05, 0) is 12.1 Å². The lowest BCUT2D eigenvalue weighted by atomic mass is 10.2. The first-order valence-electron chi connectivity index (χ1n) is 5.79. The van der Waals surface area contributed by atoms with Crippen LogP contribution in [0.4, 0.5) is 5.69 Å². The fourth-order valence-electron chi connectivity index (χ4n) is 1.60. The summed E-state index contributed by atoms with van der Waals surface area (Å²) in [5, 5.41) is 6.84. The van der Waals surface area contributed by atoms with E-state index < -0.39 is 0 Å². The van der Waals surface area contributed by atoms with Gasteiger partial charge in [0.1, 0.15) is 0 Å². The number of hydrogen-bond donors (Lipinski definition) is 2. The molecule has 0 spiro atoms. The minimum Gasteiger partial charge on any atom is -0.399 e. The Morgan fingerprint density at radius 2 is 2.20 bits per heavy atom. The highest BCUT2D eigenvalue weighted by molar-refractivity contribution is 6.44. The van der Waals surface area contributed by atoms with E-state index in [2.05, 4.69) is 15.5 Å². The van der Waals surface area contributed by atoms with Crippen LogP contribution in [0, 0.1) is 6.92 Å². The van der Waals surface area contributed by atoms with E-state index in [1.165, 1.54) is 12.1 Å². The Morgan fingerprint density at radius 1 is 1.45 bits per heavy atom. The SMILES string of the molecule is Cc1nc(CCNC(=O)c2cc(N)cc(Cl)c2Cl)no1. The largest absolute Gasteiger partial charge is 0.399 e. The number of halogens is 2. The Labute approximate surface area is 125 Å². The number of carbonyl (C=O) groups is 1. The summed E-state index contributed by atoms with van der Waals surface area (Å²) in [6.07, 6.45) is 0.455. The highest BCUT2D eigenvalue weighted by Crippen LogP contribution is 2.28. The molecule has 0 aliphatic heterocycles. The predicted molar refractivity (Wildman–Crippen MR) is 75.9 cm³/mol. The number of aromatic nitrogens is 2. The third-order valence-corrected chi connectivity index (χ3v) is 3.30. The van der Waals surface area contributed by atoms with Crippen molar-refractivity contribution in [1.29, 1.82) is 0 Å². The maximum atomic E-state index is 12.0. The topological polar surface area (TPSA) is 94.0 Å². The van der Waals surface area contributed by atoms with E-state index in [0.717, 1.165) is 0 Å². The summed E-state index contributed by atoms with van der Waals surface area (Å²) < 4.78 is 4.83. The van der Waals surface area contributed by atoms with Crippen LogP contribution in [0.15, 0.2) is 16.7 Å². The van der Waals surface area contributed by atoms with Gasteiger partial charge in [-0.15, -0.1) is 0 Å². The van der Waals surface area contributed by atoms with Gasteiger partial charge in [-0.2, -0.15) is 4.98 Å². The number of hydrogen-bond acceptors (Lipinski definition) is 5. The van der Waals surface area contributed by atoms with E-state index in [0.29, 0.717) is 30.4 Å². The maximum absolute atomic E-state index is 12.0. The van der Waals surface area contributed by atoms with Crippen molar-refractivity contribution >= 4 is 34.8 Å². The van der Waals surface area contributed by atoms with Gasteiger partial charge in [0.2, 0.25) is 5.89 Å². The van der Waals surface area contributed by atoms with Crippen molar-refractivity contribution in [3.63, 3.8) is 0 Å². The standard InChI is InChI=1S/C12H12Cl2N4O2/c1-6-17-10(18-20-6)2-3-16-12(19)8-4-7(15)5-9(13)11(8)14/h4-5H,2-3,15H2,1H3,(H,16,19). The second kappa shape index (κ2) is 6.11. The predicted octanol–water partition coefficient (Wildman–Crippen LogP) is 2.24. The number of anilines is 1. The average molecular weight is 315 g/mol. The average Bonchev–Trinajstić information content (AvgIpc) is 2.79. The van der Waals surface area contributed by atoms with Gasteiger partial charge in [-0.3, -0.25) is 4.79 Å². The number of nitrogens with two attached hydrogens (primary N) is 1. The molecule has 1 amide bonds. The number of amides is 1. The molecule has 0 saturated heterocycles. The first-order valence-corrected chi connectivity index (χ1v) is 6.55. The molecule has 6 nitrogen and oxygen atoms in total. The molecular formula is C12H12Cl2N4O2. The van der Waals surface area contributed by atoms with Gasteiger partial charge in [0.05, 0.1) is 15.6 Å². The highest BCUT2D eigenvalue weighted by atomic mass is 35.5. The normalized spacial score (nSPS) is 10.6. The quantitative estimate of drug-likeness (QED) is 0.844. The Bertz CT molecular complexity index is 642. The molecule has 2 rings (SSSR count). The molecule has 1 aromatic heterocycles. The van der Waals surface area contributed by atoms with Crippen LogP contribution < -0.4 is 11.1 Å². The van der Waals surface area contributed by atoms with Crippen molar-refractivity contribution < 1.29 is 9.32 Å². The van der Waals surface area contributed by atoms with E-state index in [-0.39, 0.29) is 21.5 Å². The molecule has 0 aliphatic rings. The van der Waals surface area contributed by atoms with Crippen molar-refractivity contribution in [2.24, 2.45) is 0 Å². The fourth-order valence-corrected chi connectivity index (χ4v) is 2.02. The third kappa shape index (κ3) is 3.40. The molecule has 2 aromatic rings. The minimum atomic E-state index is -0.357. The number of nitrogens with zero attached hydrogens (tertiary/aromatic N) is 2. The number of carbonyl (C=O) groups excluding carboxylic acids is 1. The molecule has 0 unspecified atom stereocenters. The molecular weight excluding hydrogens is 303 g/mol. The summed E-state index contributed by atoms with van der Waals surface area (Å²) in [6, 6.07) is 2.96. The van der Waals surface area contributed by atoms with Crippen molar-refractivity contribution in [3.05, 3.63) is 39.5 Å². The zero-order valence-corrected chi connectivity index (χ0v) is 12.1. The van der Waals surface area contributed by atoms with Crippen molar-refractivity contribution in [3.8, 4) is 0 Å². The summed E-state index contributed by atoms with van der Waals surface area (Å²) in [7, 11) is 0. The molecule has 0 atom stereocenters. The lowest BCUT2D eigenvalue weighted by Gasteiger charge is -2.08. The van der Waals surface area contributed by atoms with Crippen LogP contribution in [-0.2, 0) is 6.42 Å². The highest BCUT2D eigenvalue weighted by Gasteiger charge is 2.14. The Hall–Kier alpha value is -1.79. The Balaban J connectivity index is 1.98. The second-order valence-corrected chi connectivity index (χ2v) is 4.88. The first kappa shape index (κ1) is 14.6. The number of nitrogens with one attached hydrogen (secondary N) is 1. The first-order chi connectivity index (χ1) is 9.47. The van der Waals surface area contributed by atoms with E-state index in [9.17, 15) is 4.79 Å². The number of aryl methyl sites for hydroxylation is 1. The molecule has 0 fully saturated rings. The monoisotopic (exact) mass is 314 g/mol.